The highest BCUT2D eigenvalue weighted by Gasteiger charge is 2.60. The topological polar surface area (TPSA) is 63.2 Å². The Balaban J connectivity index is 2.17. The molecule has 0 amide bonds. The van der Waals surface area contributed by atoms with Crippen LogP contribution in [0, 0.1) is 17.8 Å². The fourth-order valence-electron chi connectivity index (χ4n) is 6.07. The fraction of sp³-hybridized carbons (Fsp3) is 0.750. The van der Waals surface area contributed by atoms with Crippen molar-refractivity contribution in [3.05, 3.63) is 32.8 Å². The lowest BCUT2D eigenvalue weighted by atomic mass is 9.54. The lowest BCUT2D eigenvalue weighted by Crippen LogP contribution is -2.59. The van der Waals surface area contributed by atoms with E-state index in [2.05, 4.69) is 110 Å². The molecule has 9 heteroatoms. The van der Waals surface area contributed by atoms with E-state index in [1.807, 2.05) is 20.8 Å². The molecule has 0 radical (unpaired) electrons. The predicted octanol–water partition coefficient (Wildman–Crippen LogP) is 10.2. The molecule has 0 saturated carbocycles. The van der Waals surface area contributed by atoms with Crippen molar-refractivity contribution in [1.82, 2.24) is 0 Å². The standard InChI is InChI=1S/C36H61BrO6Si2/c1-23-19-28(42-44(14,15)32(3,4)5)35(11)21-40-34(9,10)41-22-36(35,12)29(23)27(38)20-25-26(37)18-24(2)30(31(25)39-13)43-45(16,17)33(6,7)8/h18,28H,19-22H2,1-17H3/t28-,35+,36-/m0/s1. The summed E-state index contributed by atoms with van der Waals surface area (Å²) >= 11 is 3.79. The van der Waals surface area contributed by atoms with Crippen LogP contribution in [0.2, 0.25) is 36.3 Å². The maximum absolute atomic E-state index is 14.8. The van der Waals surface area contributed by atoms with E-state index in [-0.39, 0.29) is 28.4 Å². The number of halogens is 1. The van der Waals surface area contributed by atoms with Gasteiger partial charge < -0.3 is 23.1 Å². The van der Waals surface area contributed by atoms with E-state index >= 15 is 0 Å². The number of aryl methyl sites for hydroxylation is 1. The molecule has 1 aliphatic carbocycles. The minimum Gasteiger partial charge on any atom is -0.541 e. The highest BCUT2D eigenvalue weighted by atomic mass is 79.9. The van der Waals surface area contributed by atoms with Gasteiger partial charge in [0.15, 0.2) is 25.6 Å². The van der Waals surface area contributed by atoms with Crippen molar-refractivity contribution in [3.8, 4) is 11.5 Å². The number of benzene rings is 1. The van der Waals surface area contributed by atoms with Gasteiger partial charge in [-0.1, -0.05) is 76.9 Å². The lowest BCUT2D eigenvalue weighted by molar-refractivity contribution is -0.207. The molecule has 1 heterocycles. The zero-order valence-corrected chi connectivity index (χ0v) is 34.9. The van der Waals surface area contributed by atoms with Crippen molar-refractivity contribution < 1.29 is 27.9 Å². The van der Waals surface area contributed by atoms with Crippen LogP contribution in [0.3, 0.4) is 0 Å². The second kappa shape index (κ2) is 12.5. The number of Topliss-reactive ketones (excluding diaryl/α,β-unsaturated/α-hetero) is 1. The molecule has 0 N–H and O–H groups in total. The molecule has 256 valence electrons. The summed E-state index contributed by atoms with van der Waals surface area (Å²) < 4.78 is 33.8. The summed E-state index contributed by atoms with van der Waals surface area (Å²) in [5, 5.41) is 0.0578. The molecule has 6 nitrogen and oxygen atoms in total. The lowest BCUT2D eigenvalue weighted by Gasteiger charge is -2.56. The number of carbonyl (C=O) groups is 1. The van der Waals surface area contributed by atoms with Gasteiger partial charge in [-0.25, -0.2) is 0 Å². The van der Waals surface area contributed by atoms with Crippen molar-refractivity contribution in [1.29, 1.82) is 0 Å². The quantitative estimate of drug-likeness (QED) is 0.249. The van der Waals surface area contributed by atoms with Crippen LogP contribution >= 0.6 is 15.9 Å². The number of methoxy groups -OCH3 is 1. The Kier molecular flexibility index (Phi) is 10.7. The summed E-state index contributed by atoms with van der Waals surface area (Å²) in [7, 11) is -2.66. The number of ether oxygens (including phenoxy) is 3. The van der Waals surface area contributed by atoms with Gasteiger partial charge in [0.1, 0.15) is 5.75 Å². The van der Waals surface area contributed by atoms with E-state index in [0.717, 1.165) is 32.5 Å². The first-order chi connectivity index (χ1) is 20.1. The third kappa shape index (κ3) is 7.24. The maximum atomic E-state index is 14.8. The zero-order chi connectivity index (χ0) is 34.8. The fourth-order valence-corrected chi connectivity index (χ4v) is 9.21. The van der Waals surface area contributed by atoms with Crippen LogP contribution in [0.15, 0.2) is 21.7 Å². The van der Waals surface area contributed by atoms with E-state index in [1.54, 1.807) is 7.11 Å². The highest BCUT2D eigenvalue weighted by Crippen LogP contribution is 2.58. The van der Waals surface area contributed by atoms with Gasteiger partial charge in [-0.15, -0.1) is 0 Å². The number of hydrogen-bond donors (Lipinski definition) is 0. The molecule has 1 aliphatic heterocycles. The normalized spacial score (nSPS) is 26.3. The van der Waals surface area contributed by atoms with Crippen molar-refractivity contribution in [3.63, 3.8) is 0 Å². The molecule has 0 aromatic heterocycles. The van der Waals surface area contributed by atoms with Crippen molar-refractivity contribution in [2.45, 2.75) is 144 Å². The second-order valence-electron chi connectivity index (χ2n) is 17.4. The van der Waals surface area contributed by atoms with E-state index < -0.39 is 33.3 Å². The molecule has 1 aromatic carbocycles. The van der Waals surface area contributed by atoms with Crippen LogP contribution in [-0.2, 0) is 25.1 Å². The van der Waals surface area contributed by atoms with Crippen LogP contribution in [0.4, 0.5) is 0 Å². The minimum absolute atomic E-state index is 0.00887. The summed E-state index contributed by atoms with van der Waals surface area (Å²) in [6.07, 6.45) is 0.742. The molecule has 2 aliphatic rings. The Morgan fingerprint density at radius 1 is 0.933 bits per heavy atom. The summed E-state index contributed by atoms with van der Waals surface area (Å²) in [5.74, 6) is 0.655. The maximum Gasteiger partial charge on any atom is 0.250 e. The third-order valence-electron chi connectivity index (χ3n) is 11.6. The van der Waals surface area contributed by atoms with Crippen LogP contribution in [0.25, 0.3) is 0 Å². The summed E-state index contributed by atoms with van der Waals surface area (Å²) in [4.78, 5) is 14.8. The van der Waals surface area contributed by atoms with Gasteiger partial charge in [0.2, 0.25) is 0 Å². The van der Waals surface area contributed by atoms with Gasteiger partial charge >= 0.3 is 0 Å². The summed E-state index contributed by atoms with van der Waals surface area (Å²) in [5.41, 5.74) is 2.53. The van der Waals surface area contributed by atoms with Crippen LogP contribution in [0.1, 0.15) is 93.7 Å². The summed E-state index contributed by atoms with van der Waals surface area (Å²) in [6, 6.07) is 2.05. The van der Waals surface area contributed by atoms with Gasteiger partial charge in [-0.05, 0) is 82.0 Å². The Morgan fingerprint density at radius 3 is 1.98 bits per heavy atom. The number of rotatable bonds is 8. The Morgan fingerprint density at radius 2 is 1.47 bits per heavy atom. The van der Waals surface area contributed by atoms with Gasteiger partial charge in [0, 0.05) is 32.9 Å². The van der Waals surface area contributed by atoms with Crippen molar-refractivity contribution in [2.24, 2.45) is 10.8 Å². The molecule has 0 unspecified atom stereocenters. The zero-order valence-electron chi connectivity index (χ0n) is 31.3. The summed E-state index contributed by atoms with van der Waals surface area (Å²) in [6.45, 7) is 35.8. The van der Waals surface area contributed by atoms with Crippen molar-refractivity contribution in [2.75, 3.05) is 20.3 Å². The first-order valence-electron chi connectivity index (χ1n) is 16.4. The van der Waals surface area contributed by atoms with Crippen LogP contribution in [0.5, 0.6) is 11.5 Å². The first-order valence-corrected chi connectivity index (χ1v) is 23.0. The SMILES string of the molecule is COc1c(CC(=O)C2=C(C)C[C@H](O[Si](C)(C)C(C)(C)C)[C@@]3(C)COC(C)(C)OC[C@@]23C)c(Br)cc(C)c1O[Si](C)(C)C(C)(C)C. The highest BCUT2D eigenvalue weighted by molar-refractivity contribution is 9.10. The van der Waals surface area contributed by atoms with Gasteiger partial charge in [0.25, 0.3) is 8.32 Å². The van der Waals surface area contributed by atoms with E-state index in [1.165, 1.54) is 0 Å². The van der Waals surface area contributed by atoms with Gasteiger partial charge in [0.05, 0.1) is 26.4 Å². The van der Waals surface area contributed by atoms with Crippen molar-refractivity contribution >= 4 is 38.3 Å². The Hall–Kier alpha value is -0.976. The molecule has 0 bridgehead atoms. The van der Waals surface area contributed by atoms with E-state index in [4.69, 9.17) is 23.1 Å². The molecular formula is C36H61BrO6Si2. The van der Waals surface area contributed by atoms with E-state index in [9.17, 15) is 4.79 Å². The number of ketones is 1. The molecule has 3 atom stereocenters. The van der Waals surface area contributed by atoms with Gasteiger partial charge in [-0.3, -0.25) is 4.79 Å². The smallest absolute Gasteiger partial charge is 0.250 e. The first kappa shape index (κ1) is 38.5. The van der Waals surface area contributed by atoms with E-state index in [0.29, 0.717) is 25.4 Å². The van der Waals surface area contributed by atoms with Crippen LogP contribution in [-0.4, -0.2) is 54.6 Å². The average Bonchev–Trinajstić information content (AvgIpc) is 2.95. The molecule has 1 aromatic rings. The van der Waals surface area contributed by atoms with Gasteiger partial charge in [-0.2, -0.15) is 0 Å². The largest absolute Gasteiger partial charge is 0.541 e. The number of hydrogen-bond acceptors (Lipinski definition) is 6. The molecule has 1 fully saturated rings. The predicted molar refractivity (Wildman–Crippen MR) is 194 cm³/mol. The number of fused-ring (bicyclic) bond motifs is 1. The molecule has 0 spiro atoms. The Labute approximate surface area is 284 Å². The molecular weight excluding hydrogens is 664 g/mol. The second-order valence-corrected chi connectivity index (χ2v) is 27.8. The monoisotopic (exact) mass is 724 g/mol. The average molecular weight is 726 g/mol. The Bertz CT molecular complexity index is 1340. The number of carbonyl (C=O) groups excluding carboxylic acids is 1. The molecule has 45 heavy (non-hydrogen) atoms. The molecule has 3 rings (SSSR count). The third-order valence-corrected chi connectivity index (χ3v) is 21.1. The van der Waals surface area contributed by atoms with Crippen LogP contribution < -0.4 is 9.16 Å². The minimum atomic E-state index is -2.18. The molecule has 1 saturated heterocycles.